The lowest BCUT2D eigenvalue weighted by Gasteiger charge is -2.36. The Morgan fingerprint density at radius 1 is 1.14 bits per heavy atom. The Morgan fingerprint density at radius 3 is 2.38 bits per heavy atom. The number of amides is 2. The van der Waals surface area contributed by atoms with Gasteiger partial charge in [-0.05, 0) is 50.0 Å². The van der Waals surface area contributed by atoms with Gasteiger partial charge in [0.25, 0.3) is 0 Å². The molecule has 2 N–H and O–H groups in total. The minimum atomic E-state index is -0.662. The van der Waals surface area contributed by atoms with Crippen LogP contribution in [0, 0.1) is 11.6 Å². The van der Waals surface area contributed by atoms with Gasteiger partial charge in [0, 0.05) is 25.6 Å². The summed E-state index contributed by atoms with van der Waals surface area (Å²) in [7, 11) is 0. The van der Waals surface area contributed by atoms with Crippen LogP contribution in [0.4, 0.5) is 8.78 Å². The van der Waals surface area contributed by atoms with Crippen molar-refractivity contribution in [2.24, 2.45) is 0 Å². The van der Waals surface area contributed by atoms with E-state index in [4.69, 9.17) is 4.74 Å². The fourth-order valence-electron chi connectivity index (χ4n) is 3.66. The molecule has 0 aromatic heterocycles. The summed E-state index contributed by atoms with van der Waals surface area (Å²) >= 11 is 0. The molecular weight excluding hydrogens is 380 g/mol. The lowest BCUT2D eigenvalue weighted by atomic mass is 9.92. The highest BCUT2D eigenvalue weighted by molar-refractivity contribution is 5.77. The van der Waals surface area contributed by atoms with Crippen LogP contribution in [0.1, 0.15) is 51.7 Å². The third-order valence-corrected chi connectivity index (χ3v) is 5.12. The van der Waals surface area contributed by atoms with E-state index >= 15 is 0 Å². The molecule has 8 heteroatoms. The van der Waals surface area contributed by atoms with E-state index in [0.29, 0.717) is 37.9 Å². The number of nitrogens with zero attached hydrogens (tertiary/aromatic N) is 1. The third-order valence-electron chi connectivity index (χ3n) is 5.12. The normalized spacial score (nSPS) is 21.8. The van der Waals surface area contributed by atoms with Crippen molar-refractivity contribution >= 4 is 11.8 Å². The summed E-state index contributed by atoms with van der Waals surface area (Å²) in [5.74, 6) is -1.53. The van der Waals surface area contributed by atoms with Gasteiger partial charge in [0.05, 0.1) is 18.8 Å². The zero-order chi connectivity index (χ0) is 21.4. The number of halogens is 2. The molecule has 1 heterocycles. The molecule has 1 saturated heterocycles. The van der Waals surface area contributed by atoms with Gasteiger partial charge < -0.3 is 15.4 Å². The highest BCUT2D eigenvalue weighted by Crippen LogP contribution is 2.33. The maximum atomic E-state index is 13.6. The Morgan fingerprint density at radius 2 is 1.79 bits per heavy atom. The first-order valence-electron chi connectivity index (χ1n) is 10.2. The molecule has 3 atom stereocenters. The van der Waals surface area contributed by atoms with Gasteiger partial charge in [-0.3, -0.25) is 14.5 Å². The summed E-state index contributed by atoms with van der Waals surface area (Å²) in [6.07, 6.45) is 0.800. The first kappa shape index (κ1) is 23.2. The number of hydrogen-bond donors (Lipinski definition) is 2. The van der Waals surface area contributed by atoms with Crippen molar-refractivity contribution in [1.82, 2.24) is 15.5 Å². The van der Waals surface area contributed by atoms with E-state index in [1.165, 1.54) is 19.1 Å². The van der Waals surface area contributed by atoms with Crippen molar-refractivity contribution in [2.45, 2.75) is 58.3 Å². The van der Waals surface area contributed by atoms with E-state index in [-0.39, 0.29) is 24.0 Å². The van der Waals surface area contributed by atoms with Gasteiger partial charge >= 0.3 is 0 Å². The Kier molecular flexibility index (Phi) is 8.98. The summed E-state index contributed by atoms with van der Waals surface area (Å²) in [6, 6.07) is 3.18. The summed E-state index contributed by atoms with van der Waals surface area (Å²) in [5.41, 5.74) is 0.410. The second kappa shape index (κ2) is 11.2. The molecule has 29 heavy (non-hydrogen) atoms. The molecule has 0 bridgehead atoms. The Hall–Kier alpha value is -2.06. The first-order valence-corrected chi connectivity index (χ1v) is 10.2. The smallest absolute Gasteiger partial charge is 0.234 e. The standard InChI is InChI=1S/C21H31F2N3O3/c1-4-26(5-2)13-21(28)24-7-6-19-11-18(25-14(3)27)12-20(29-19)15-8-16(22)10-17(23)9-15/h8-10,18-20H,4-7,11-13H2,1-3H3,(H,24,28)(H,25,27)/t18-,19+,20+/m0/s1. The highest BCUT2D eigenvalue weighted by atomic mass is 19.1. The van der Waals surface area contributed by atoms with Crippen LogP contribution in [0.3, 0.4) is 0 Å². The lowest BCUT2D eigenvalue weighted by molar-refractivity contribution is -0.122. The molecular formula is C21H31F2N3O3. The third kappa shape index (κ3) is 7.70. The number of rotatable bonds is 9. The molecule has 0 aliphatic carbocycles. The monoisotopic (exact) mass is 411 g/mol. The zero-order valence-electron chi connectivity index (χ0n) is 17.3. The van der Waals surface area contributed by atoms with Crippen LogP contribution < -0.4 is 10.6 Å². The van der Waals surface area contributed by atoms with Gasteiger partial charge in [-0.15, -0.1) is 0 Å². The van der Waals surface area contributed by atoms with Crippen molar-refractivity contribution in [1.29, 1.82) is 0 Å². The summed E-state index contributed by atoms with van der Waals surface area (Å²) < 4.78 is 33.3. The molecule has 0 spiro atoms. The number of likely N-dealkylation sites (N-methyl/N-ethyl adjacent to an activating group) is 1. The Balaban J connectivity index is 1.97. The predicted octanol–water partition coefficient (Wildman–Crippen LogP) is 2.54. The van der Waals surface area contributed by atoms with Crippen LogP contribution in [0.2, 0.25) is 0 Å². The Bertz CT molecular complexity index is 677. The molecule has 1 aromatic rings. The maximum absolute atomic E-state index is 13.6. The quantitative estimate of drug-likeness (QED) is 0.655. The second-order valence-electron chi connectivity index (χ2n) is 7.42. The fraction of sp³-hybridized carbons (Fsp3) is 0.619. The van der Waals surface area contributed by atoms with Crippen molar-refractivity contribution in [2.75, 3.05) is 26.2 Å². The van der Waals surface area contributed by atoms with Crippen LogP contribution >= 0.6 is 0 Å². The van der Waals surface area contributed by atoms with E-state index in [9.17, 15) is 18.4 Å². The van der Waals surface area contributed by atoms with Crippen LogP contribution in [-0.4, -0.2) is 55.0 Å². The number of hydrogen-bond acceptors (Lipinski definition) is 4. The molecule has 0 unspecified atom stereocenters. The van der Waals surface area contributed by atoms with E-state index in [2.05, 4.69) is 10.6 Å². The summed E-state index contributed by atoms with van der Waals surface area (Å²) in [4.78, 5) is 25.6. The average molecular weight is 411 g/mol. The van der Waals surface area contributed by atoms with E-state index in [1.54, 1.807) is 0 Å². The van der Waals surface area contributed by atoms with Gasteiger partial charge in [0.15, 0.2) is 0 Å². The number of carbonyl (C=O) groups is 2. The van der Waals surface area contributed by atoms with Crippen molar-refractivity contribution in [3.05, 3.63) is 35.4 Å². The maximum Gasteiger partial charge on any atom is 0.234 e. The number of nitrogens with one attached hydrogen (secondary N) is 2. The first-order chi connectivity index (χ1) is 13.8. The van der Waals surface area contributed by atoms with E-state index in [0.717, 1.165) is 19.2 Å². The lowest BCUT2D eigenvalue weighted by Crippen LogP contribution is -2.43. The molecule has 2 amide bonds. The highest BCUT2D eigenvalue weighted by Gasteiger charge is 2.31. The van der Waals surface area contributed by atoms with Crippen LogP contribution in [0.5, 0.6) is 0 Å². The van der Waals surface area contributed by atoms with Gasteiger partial charge in [-0.25, -0.2) is 8.78 Å². The molecule has 0 radical (unpaired) electrons. The Labute approximate surface area is 171 Å². The molecule has 1 aliphatic rings. The van der Waals surface area contributed by atoms with Crippen LogP contribution in [-0.2, 0) is 14.3 Å². The van der Waals surface area contributed by atoms with Gasteiger partial charge in [0.2, 0.25) is 11.8 Å². The molecule has 6 nitrogen and oxygen atoms in total. The SMILES string of the molecule is CCN(CC)CC(=O)NCC[C@@H]1C[C@H](NC(C)=O)C[C@H](c2cc(F)cc(F)c2)O1. The van der Waals surface area contributed by atoms with Crippen molar-refractivity contribution in [3.63, 3.8) is 0 Å². The molecule has 1 aromatic carbocycles. The summed E-state index contributed by atoms with van der Waals surface area (Å²) in [5, 5.41) is 5.77. The van der Waals surface area contributed by atoms with Crippen molar-refractivity contribution < 1.29 is 23.1 Å². The number of benzene rings is 1. The molecule has 162 valence electrons. The fourth-order valence-corrected chi connectivity index (χ4v) is 3.66. The van der Waals surface area contributed by atoms with Gasteiger partial charge in [-0.2, -0.15) is 0 Å². The van der Waals surface area contributed by atoms with E-state index in [1.807, 2.05) is 18.7 Å². The van der Waals surface area contributed by atoms with E-state index < -0.39 is 17.7 Å². The minimum Gasteiger partial charge on any atom is -0.370 e. The van der Waals surface area contributed by atoms with Gasteiger partial charge in [-0.1, -0.05) is 13.8 Å². The number of carbonyl (C=O) groups excluding carboxylic acids is 2. The predicted molar refractivity (Wildman–Crippen MR) is 106 cm³/mol. The van der Waals surface area contributed by atoms with Crippen molar-refractivity contribution in [3.8, 4) is 0 Å². The summed E-state index contributed by atoms with van der Waals surface area (Å²) in [6.45, 7) is 7.84. The van der Waals surface area contributed by atoms with Gasteiger partial charge in [0.1, 0.15) is 11.6 Å². The van der Waals surface area contributed by atoms with Crippen LogP contribution in [0.25, 0.3) is 0 Å². The molecule has 1 fully saturated rings. The zero-order valence-corrected chi connectivity index (χ0v) is 17.3. The molecule has 0 saturated carbocycles. The van der Waals surface area contributed by atoms with Crippen LogP contribution in [0.15, 0.2) is 18.2 Å². The largest absolute Gasteiger partial charge is 0.370 e. The topological polar surface area (TPSA) is 70.7 Å². The molecule has 1 aliphatic heterocycles. The molecule has 2 rings (SSSR count). The number of ether oxygens (including phenoxy) is 1. The second-order valence-corrected chi connectivity index (χ2v) is 7.42. The minimum absolute atomic E-state index is 0.0494. The average Bonchev–Trinajstić information content (AvgIpc) is 2.64.